The van der Waals surface area contributed by atoms with E-state index in [4.69, 9.17) is 9.47 Å². The third-order valence-electron chi connectivity index (χ3n) is 6.18. The normalized spacial score (nSPS) is 16.4. The summed E-state index contributed by atoms with van der Waals surface area (Å²) in [4.78, 5) is 32.3. The first-order chi connectivity index (χ1) is 18.0. The van der Waals surface area contributed by atoms with Gasteiger partial charge >= 0.3 is 0 Å². The van der Waals surface area contributed by atoms with Crippen molar-refractivity contribution in [2.24, 2.45) is 4.99 Å². The van der Waals surface area contributed by atoms with Crippen molar-refractivity contribution in [1.82, 2.24) is 4.57 Å². The molecule has 0 saturated heterocycles. The number of thiazole rings is 1. The predicted molar refractivity (Wildman–Crippen MR) is 138 cm³/mol. The van der Waals surface area contributed by atoms with Gasteiger partial charge in [0, 0.05) is 5.69 Å². The van der Waals surface area contributed by atoms with Gasteiger partial charge in [-0.15, -0.1) is 0 Å². The highest BCUT2D eigenvalue weighted by atomic mass is 32.1. The fraction of sp³-hybridized carbons (Fsp3) is 0.107. The van der Waals surface area contributed by atoms with Crippen LogP contribution in [0.15, 0.2) is 93.9 Å². The van der Waals surface area contributed by atoms with Crippen LogP contribution in [-0.2, 0) is 4.79 Å². The molecule has 4 aromatic rings. The maximum absolute atomic E-state index is 13.8. The van der Waals surface area contributed by atoms with Crippen LogP contribution in [0.25, 0.3) is 6.08 Å². The Morgan fingerprint density at radius 1 is 1.08 bits per heavy atom. The monoisotopic (exact) mass is 513 g/mol. The number of ether oxygens (including phenoxy) is 2. The second kappa shape index (κ2) is 9.18. The number of fused-ring (bicyclic) bond motifs is 2. The average Bonchev–Trinajstić information content (AvgIpc) is 3.48. The number of benzene rings is 3. The molecule has 0 aliphatic carbocycles. The zero-order chi connectivity index (χ0) is 25.5. The summed E-state index contributed by atoms with van der Waals surface area (Å²) < 4.78 is 26.6. The molecule has 7 nitrogen and oxygen atoms in total. The number of carbonyl (C=O) groups excluding carboxylic acids is 1. The number of allylic oxidation sites excluding steroid dienone is 1. The molecule has 3 aromatic carbocycles. The SMILES string of the molecule is CC1=C(C(=O)Nc2ccccc2)C(c2ccc(F)cc2)n2c(s/c(=C\c3ccc4c(c3)OCO4)c2=O)=N1. The van der Waals surface area contributed by atoms with E-state index in [9.17, 15) is 14.0 Å². The number of para-hydroxylation sites is 1. The summed E-state index contributed by atoms with van der Waals surface area (Å²) >= 11 is 1.23. The summed E-state index contributed by atoms with van der Waals surface area (Å²) in [6.45, 7) is 1.90. The molecule has 0 fully saturated rings. The van der Waals surface area contributed by atoms with Crippen LogP contribution in [0.2, 0.25) is 0 Å². The summed E-state index contributed by atoms with van der Waals surface area (Å²) in [7, 11) is 0. The number of hydrogen-bond acceptors (Lipinski definition) is 6. The Bertz CT molecular complexity index is 1740. The third kappa shape index (κ3) is 4.23. The fourth-order valence-corrected chi connectivity index (χ4v) is 5.49. The van der Waals surface area contributed by atoms with Gasteiger partial charge < -0.3 is 14.8 Å². The molecule has 37 heavy (non-hydrogen) atoms. The first-order valence-electron chi connectivity index (χ1n) is 11.5. The molecular formula is C28H20FN3O4S. The highest BCUT2D eigenvalue weighted by molar-refractivity contribution is 7.07. The number of carbonyl (C=O) groups is 1. The van der Waals surface area contributed by atoms with Crippen molar-refractivity contribution in [1.29, 1.82) is 0 Å². The zero-order valence-electron chi connectivity index (χ0n) is 19.6. The fourth-order valence-electron chi connectivity index (χ4n) is 4.45. The van der Waals surface area contributed by atoms with Gasteiger partial charge in [0.25, 0.3) is 11.5 Å². The standard InChI is InChI=1S/C28H20FN3O4S/c1-16-24(26(33)31-20-5-3-2-4-6-20)25(18-8-10-19(29)11-9-18)32-27(34)23(37-28(32)30-16)14-17-7-12-21-22(13-17)36-15-35-21/h2-14,25H,15H2,1H3,(H,31,33)/b23-14-. The molecule has 6 rings (SSSR count). The highest BCUT2D eigenvalue weighted by Gasteiger charge is 2.32. The van der Waals surface area contributed by atoms with E-state index >= 15 is 0 Å². The summed E-state index contributed by atoms with van der Waals surface area (Å²) in [5, 5.41) is 2.90. The molecule has 1 aromatic heterocycles. The first-order valence-corrected chi connectivity index (χ1v) is 12.3. The van der Waals surface area contributed by atoms with Crippen molar-refractivity contribution in [2.75, 3.05) is 12.1 Å². The van der Waals surface area contributed by atoms with E-state index in [1.807, 2.05) is 30.3 Å². The summed E-state index contributed by atoms with van der Waals surface area (Å²) in [5.41, 5.74) is 2.49. The Kier molecular flexibility index (Phi) is 5.69. The molecule has 184 valence electrons. The number of amides is 1. The van der Waals surface area contributed by atoms with Gasteiger partial charge in [-0.05, 0) is 60.5 Å². The number of nitrogens with zero attached hydrogens (tertiary/aromatic N) is 2. The molecular weight excluding hydrogens is 493 g/mol. The quantitative estimate of drug-likeness (QED) is 0.451. The minimum Gasteiger partial charge on any atom is -0.454 e. The van der Waals surface area contributed by atoms with E-state index in [2.05, 4.69) is 10.3 Å². The molecule has 3 heterocycles. The summed E-state index contributed by atoms with van der Waals surface area (Å²) in [6.07, 6.45) is 1.76. The summed E-state index contributed by atoms with van der Waals surface area (Å²) in [6, 6.07) is 19.5. The first kappa shape index (κ1) is 22.9. The molecule has 0 radical (unpaired) electrons. The van der Waals surface area contributed by atoms with Crippen molar-refractivity contribution in [3.8, 4) is 11.5 Å². The van der Waals surface area contributed by atoms with Crippen molar-refractivity contribution in [2.45, 2.75) is 13.0 Å². The van der Waals surface area contributed by atoms with E-state index in [1.54, 1.807) is 43.3 Å². The number of aromatic nitrogens is 1. The molecule has 1 unspecified atom stereocenters. The van der Waals surface area contributed by atoms with E-state index in [0.29, 0.717) is 43.4 Å². The van der Waals surface area contributed by atoms with Crippen LogP contribution < -0.4 is 29.7 Å². The van der Waals surface area contributed by atoms with Gasteiger partial charge in [-0.3, -0.25) is 14.2 Å². The lowest BCUT2D eigenvalue weighted by Gasteiger charge is -2.25. The van der Waals surface area contributed by atoms with Gasteiger partial charge in [-0.2, -0.15) is 0 Å². The number of halogens is 1. The average molecular weight is 514 g/mol. The molecule has 1 amide bonds. The van der Waals surface area contributed by atoms with Crippen molar-refractivity contribution < 1.29 is 18.7 Å². The molecule has 2 aliphatic heterocycles. The van der Waals surface area contributed by atoms with Crippen LogP contribution in [0.1, 0.15) is 24.1 Å². The van der Waals surface area contributed by atoms with Gasteiger partial charge in [0.15, 0.2) is 16.3 Å². The Hall–Kier alpha value is -4.50. The van der Waals surface area contributed by atoms with Crippen molar-refractivity contribution in [3.63, 3.8) is 0 Å². The maximum Gasteiger partial charge on any atom is 0.271 e. The van der Waals surface area contributed by atoms with Gasteiger partial charge in [-0.25, -0.2) is 9.38 Å². The summed E-state index contributed by atoms with van der Waals surface area (Å²) in [5.74, 6) is 0.475. The Morgan fingerprint density at radius 3 is 2.62 bits per heavy atom. The predicted octanol–water partition coefficient (Wildman–Crippen LogP) is 3.74. The Labute approximate surface area is 214 Å². The lowest BCUT2D eigenvalue weighted by atomic mass is 9.95. The molecule has 1 atom stereocenters. The number of nitrogens with one attached hydrogen (secondary N) is 1. The molecule has 0 spiro atoms. The largest absolute Gasteiger partial charge is 0.454 e. The zero-order valence-corrected chi connectivity index (χ0v) is 20.4. The van der Waals surface area contributed by atoms with E-state index < -0.39 is 11.9 Å². The minimum atomic E-state index is -0.778. The van der Waals surface area contributed by atoms with Crippen LogP contribution in [0.3, 0.4) is 0 Å². The number of anilines is 1. The molecule has 0 bridgehead atoms. The Morgan fingerprint density at radius 2 is 1.84 bits per heavy atom. The van der Waals surface area contributed by atoms with E-state index in [1.165, 1.54) is 28.0 Å². The van der Waals surface area contributed by atoms with Gasteiger partial charge in [0.05, 0.1) is 21.8 Å². The maximum atomic E-state index is 13.8. The smallest absolute Gasteiger partial charge is 0.271 e. The van der Waals surface area contributed by atoms with Gasteiger partial charge in [0.1, 0.15) is 5.82 Å². The number of hydrogen-bond donors (Lipinski definition) is 1. The van der Waals surface area contributed by atoms with E-state index in [-0.39, 0.29) is 18.3 Å². The van der Waals surface area contributed by atoms with Gasteiger partial charge in [-0.1, -0.05) is 47.7 Å². The van der Waals surface area contributed by atoms with Crippen LogP contribution >= 0.6 is 11.3 Å². The second-order valence-electron chi connectivity index (χ2n) is 8.57. The second-order valence-corrected chi connectivity index (χ2v) is 9.58. The lowest BCUT2D eigenvalue weighted by Crippen LogP contribution is -2.40. The molecule has 0 saturated carbocycles. The van der Waals surface area contributed by atoms with Crippen LogP contribution in [-0.4, -0.2) is 17.3 Å². The molecule has 1 N–H and O–H groups in total. The van der Waals surface area contributed by atoms with Crippen LogP contribution in [0.4, 0.5) is 10.1 Å². The number of rotatable bonds is 4. The van der Waals surface area contributed by atoms with Gasteiger partial charge in [0.2, 0.25) is 6.79 Å². The Balaban J connectivity index is 1.49. The minimum absolute atomic E-state index is 0.158. The van der Waals surface area contributed by atoms with Crippen LogP contribution in [0, 0.1) is 5.82 Å². The van der Waals surface area contributed by atoms with E-state index in [0.717, 1.165) is 5.56 Å². The molecule has 9 heteroatoms. The lowest BCUT2D eigenvalue weighted by molar-refractivity contribution is -0.113. The van der Waals surface area contributed by atoms with Crippen molar-refractivity contribution in [3.05, 3.63) is 121 Å². The third-order valence-corrected chi connectivity index (χ3v) is 7.16. The van der Waals surface area contributed by atoms with Crippen molar-refractivity contribution >= 4 is 29.0 Å². The highest BCUT2D eigenvalue weighted by Crippen LogP contribution is 2.33. The topological polar surface area (TPSA) is 81.9 Å². The molecule has 2 aliphatic rings. The van der Waals surface area contributed by atoms with Crippen LogP contribution in [0.5, 0.6) is 11.5 Å².